The molecule has 0 atom stereocenters. The third kappa shape index (κ3) is 3.96. The van der Waals surface area contributed by atoms with Gasteiger partial charge < -0.3 is 10.2 Å². The predicted octanol–water partition coefficient (Wildman–Crippen LogP) is 1.31. The summed E-state index contributed by atoms with van der Waals surface area (Å²) < 4.78 is 1.83. The third-order valence-electron chi connectivity index (χ3n) is 3.71. The Labute approximate surface area is 171 Å². The minimum atomic E-state index is -0.871. The largest absolute Gasteiger partial charge is 0.507 e. The Hall–Kier alpha value is -3.41. The number of nitrogens with one attached hydrogen (secondary N) is 2. The number of benzene rings is 2. The molecule has 10 heteroatoms. The molecule has 0 saturated carbocycles. The van der Waals surface area contributed by atoms with E-state index in [-0.39, 0.29) is 16.9 Å². The third-order valence-corrected chi connectivity index (χ3v) is 4.43. The second-order valence-corrected chi connectivity index (χ2v) is 6.77. The Balaban J connectivity index is 1.93. The van der Waals surface area contributed by atoms with E-state index >= 15 is 0 Å². The Kier molecular flexibility index (Phi) is 5.59. The van der Waals surface area contributed by atoms with Gasteiger partial charge in [-0.05, 0) is 59.0 Å². The lowest BCUT2D eigenvalue weighted by Gasteiger charge is -2.09. The zero-order valence-electron chi connectivity index (χ0n) is 14.1. The molecule has 1 aromatic heterocycles. The molecule has 0 aliphatic heterocycles. The van der Waals surface area contributed by atoms with Crippen LogP contribution in [0.2, 0.25) is 0 Å². The van der Waals surface area contributed by atoms with Gasteiger partial charge in [-0.15, -0.1) is 0 Å². The average Bonchev–Trinajstić information content (AvgIpc) is 2.66. The van der Waals surface area contributed by atoms with Crippen molar-refractivity contribution in [2.45, 2.75) is 0 Å². The van der Waals surface area contributed by atoms with Crippen LogP contribution in [-0.2, 0) is 0 Å². The van der Waals surface area contributed by atoms with Gasteiger partial charge in [0.05, 0.1) is 17.5 Å². The van der Waals surface area contributed by atoms with Crippen molar-refractivity contribution >= 4 is 34.7 Å². The summed E-state index contributed by atoms with van der Waals surface area (Å²) in [4.78, 5) is 38.2. The van der Waals surface area contributed by atoms with Crippen LogP contribution >= 0.6 is 22.6 Å². The van der Waals surface area contributed by atoms with Crippen molar-refractivity contribution in [3.8, 4) is 17.3 Å². The van der Waals surface area contributed by atoms with Gasteiger partial charge in [-0.3, -0.25) is 14.6 Å². The molecule has 142 valence electrons. The zero-order valence-corrected chi connectivity index (χ0v) is 16.2. The Bertz CT molecular complexity index is 1180. The van der Waals surface area contributed by atoms with Gasteiger partial charge >= 0.3 is 5.69 Å². The van der Waals surface area contributed by atoms with E-state index in [4.69, 9.17) is 0 Å². The quantitative estimate of drug-likeness (QED) is 0.247. The van der Waals surface area contributed by atoms with Crippen LogP contribution in [0.1, 0.15) is 15.9 Å². The van der Waals surface area contributed by atoms with E-state index < -0.39 is 23.0 Å². The highest BCUT2D eigenvalue weighted by molar-refractivity contribution is 14.1. The summed E-state index contributed by atoms with van der Waals surface area (Å²) in [7, 11) is 0. The molecule has 4 N–H and O–H groups in total. The molecule has 28 heavy (non-hydrogen) atoms. The number of hydrazone groups is 1. The number of phenols is 1. The predicted molar refractivity (Wildman–Crippen MR) is 110 cm³/mol. The summed E-state index contributed by atoms with van der Waals surface area (Å²) in [5, 5.41) is 23.7. The lowest BCUT2D eigenvalue weighted by molar-refractivity contribution is 0.0952. The number of amides is 1. The molecule has 0 aliphatic rings. The van der Waals surface area contributed by atoms with Crippen molar-refractivity contribution in [1.82, 2.24) is 15.0 Å². The smallest absolute Gasteiger partial charge is 0.335 e. The first kappa shape index (κ1) is 19.4. The number of halogens is 1. The van der Waals surface area contributed by atoms with Crippen LogP contribution < -0.4 is 16.7 Å². The molecule has 9 nitrogen and oxygen atoms in total. The van der Waals surface area contributed by atoms with Crippen LogP contribution in [-0.4, -0.2) is 31.9 Å². The van der Waals surface area contributed by atoms with Gasteiger partial charge in [0.1, 0.15) is 11.3 Å². The van der Waals surface area contributed by atoms with Crippen molar-refractivity contribution in [3.63, 3.8) is 0 Å². The van der Waals surface area contributed by atoms with Crippen LogP contribution in [0.4, 0.5) is 0 Å². The maximum atomic E-state index is 12.1. The number of H-pyrrole nitrogens is 1. The molecule has 2 aromatic carbocycles. The van der Waals surface area contributed by atoms with Gasteiger partial charge in [-0.25, -0.2) is 14.8 Å². The second-order valence-electron chi connectivity index (χ2n) is 5.52. The number of carbonyl (C=O) groups is 1. The van der Waals surface area contributed by atoms with Crippen molar-refractivity contribution in [1.29, 1.82) is 0 Å². The van der Waals surface area contributed by atoms with Gasteiger partial charge in [0.2, 0.25) is 5.88 Å². The molecular weight excluding hydrogens is 479 g/mol. The fourth-order valence-corrected chi connectivity index (χ4v) is 2.73. The highest BCUT2D eigenvalue weighted by atomic mass is 127. The molecule has 0 aliphatic carbocycles. The normalized spacial score (nSPS) is 10.9. The van der Waals surface area contributed by atoms with E-state index in [1.54, 1.807) is 36.4 Å². The standard InChI is InChI=1S/C18H13IN4O5/c19-10-5-7-11(8-6-10)23-17(27)13(15(25)21-18(23)28)9-20-22-16(26)12-3-1-2-4-14(12)24/h1-9,24,27H,(H,22,26)(H,21,25,28). The monoisotopic (exact) mass is 492 g/mol. The summed E-state index contributed by atoms with van der Waals surface area (Å²) in [6, 6.07) is 12.5. The molecule has 0 fully saturated rings. The lowest BCUT2D eigenvalue weighted by Crippen LogP contribution is -2.31. The Morgan fingerprint density at radius 2 is 1.79 bits per heavy atom. The molecule has 1 amide bonds. The van der Waals surface area contributed by atoms with Crippen molar-refractivity contribution in [3.05, 3.63) is 84.1 Å². The number of para-hydroxylation sites is 1. The molecule has 0 saturated heterocycles. The molecular formula is C18H13IN4O5. The highest BCUT2D eigenvalue weighted by Crippen LogP contribution is 2.17. The minimum absolute atomic E-state index is 0.0124. The van der Waals surface area contributed by atoms with Crippen LogP contribution in [0.5, 0.6) is 11.6 Å². The molecule has 3 rings (SSSR count). The number of aromatic nitrogens is 2. The number of nitrogens with zero attached hydrogens (tertiary/aromatic N) is 2. The lowest BCUT2D eigenvalue weighted by atomic mass is 10.2. The van der Waals surface area contributed by atoms with Gasteiger partial charge in [0.15, 0.2) is 0 Å². The average molecular weight is 492 g/mol. The van der Waals surface area contributed by atoms with Gasteiger partial charge in [-0.2, -0.15) is 5.10 Å². The maximum Gasteiger partial charge on any atom is 0.335 e. The minimum Gasteiger partial charge on any atom is -0.507 e. The van der Waals surface area contributed by atoms with Gasteiger partial charge in [0, 0.05) is 3.57 Å². The van der Waals surface area contributed by atoms with Crippen LogP contribution in [0.3, 0.4) is 0 Å². The zero-order chi connectivity index (χ0) is 20.3. The first-order chi connectivity index (χ1) is 13.4. The highest BCUT2D eigenvalue weighted by Gasteiger charge is 2.15. The van der Waals surface area contributed by atoms with E-state index in [0.29, 0.717) is 5.69 Å². The molecule has 0 radical (unpaired) electrons. The van der Waals surface area contributed by atoms with E-state index in [2.05, 4.69) is 38.1 Å². The maximum absolute atomic E-state index is 12.1. The number of hydrogen-bond donors (Lipinski definition) is 4. The fourth-order valence-electron chi connectivity index (χ4n) is 2.37. The molecule has 1 heterocycles. The van der Waals surface area contributed by atoms with E-state index in [0.717, 1.165) is 14.4 Å². The van der Waals surface area contributed by atoms with Crippen LogP contribution in [0.15, 0.2) is 63.2 Å². The van der Waals surface area contributed by atoms with Crippen molar-refractivity contribution in [2.75, 3.05) is 0 Å². The first-order valence-corrected chi connectivity index (χ1v) is 8.92. The number of carbonyl (C=O) groups excluding carboxylic acids is 1. The number of hydrogen-bond acceptors (Lipinski definition) is 6. The molecule has 0 unspecified atom stereocenters. The van der Waals surface area contributed by atoms with Crippen molar-refractivity contribution < 1.29 is 15.0 Å². The number of aromatic amines is 1. The van der Waals surface area contributed by atoms with Crippen LogP contribution in [0, 0.1) is 3.57 Å². The molecule has 3 aromatic rings. The number of phenolic OH excluding ortho intramolecular Hbond substituents is 1. The van der Waals surface area contributed by atoms with E-state index in [1.807, 2.05) is 0 Å². The summed E-state index contributed by atoms with van der Waals surface area (Å²) in [6.45, 7) is 0. The van der Waals surface area contributed by atoms with Crippen LogP contribution in [0.25, 0.3) is 5.69 Å². The van der Waals surface area contributed by atoms with E-state index in [9.17, 15) is 24.6 Å². The van der Waals surface area contributed by atoms with Gasteiger partial charge in [0.25, 0.3) is 11.5 Å². The fraction of sp³-hybridized carbons (Fsp3) is 0. The summed E-state index contributed by atoms with van der Waals surface area (Å²) in [5.74, 6) is -1.57. The topological polar surface area (TPSA) is 137 Å². The molecule has 0 spiro atoms. The summed E-state index contributed by atoms with van der Waals surface area (Å²) >= 11 is 2.09. The number of aromatic hydroxyl groups is 2. The van der Waals surface area contributed by atoms with Gasteiger partial charge in [-0.1, -0.05) is 12.1 Å². The number of rotatable bonds is 4. The van der Waals surface area contributed by atoms with Crippen molar-refractivity contribution in [2.24, 2.45) is 5.10 Å². The second kappa shape index (κ2) is 8.08. The first-order valence-electron chi connectivity index (χ1n) is 7.84. The summed E-state index contributed by atoms with van der Waals surface area (Å²) in [5.41, 5.74) is 0.456. The summed E-state index contributed by atoms with van der Waals surface area (Å²) in [6.07, 6.45) is 0.911. The Morgan fingerprint density at radius 3 is 2.46 bits per heavy atom. The van der Waals surface area contributed by atoms with E-state index in [1.165, 1.54) is 12.1 Å². The molecule has 0 bridgehead atoms. The SMILES string of the molecule is O=C(NN=Cc1c(O)n(-c2ccc(I)cc2)c(=O)[nH]c1=O)c1ccccc1O. The Morgan fingerprint density at radius 1 is 1.11 bits per heavy atom.